The summed E-state index contributed by atoms with van der Waals surface area (Å²) >= 11 is 1.58. The van der Waals surface area contributed by atoms with Crippen LogP contribution in [0.5, 0.6) is 0 Å². The number of aryl methyl sites for hydroxylation is 1. The lowest BCUT2D eigenvalue weighted by Crippen LogP contribution is -2.23. The number of hydrogen-bond acceptors (Lipinski definition) is 4. The first-order valence-corrected chi connectivity index (χ1v) is 8.52. The van der Waals surface area contributed by atoms with Gasteiger partial charge in [0.25, 0.3) is 5.56 Å². The summed E-state index contributed by atoms with van der Waals surface area (Å²) in [5.41, 5.74) is 0.914. The monoisotopic (exact) mass is 323 g/mol. The number of rotatable bonds is 5. The number of benzene rings is 1. The number of nitrogens with zero attached hydrogens (tertiary/aromatic N) is 3. The van der Waals surface area contributed by atoms with Crippen LogP contribution in [0.2, 0.25) is 0 Å². The number of thiophene rings is 1. The summed E-state index contributed by atoms with van der Waals surface area (Å²) in [5, 5.41) is 9.44. The van der Waals surface area contributed by atoms with E-state index in [9.17, 15) is 4.79 Å². The largest absolute Gasteiger partial charge is 0.292 e. The first-order valence-electron chi connectivity index (χ1n) is 7.70. The number of fused-ring (bicyclic) bond motifs is 1. The maximum atomic E-state index is 12.9. The molecule has 0 N–H and O–H groups in total. The van der Waals surface area contributed by atoms with Crippen LogP contribution in [0.25, 0.3) is 21.6 Å². The molecule has 0 unspecified atom stereocenters. The minimum Gasteiger partial charge on any atom is -0.292 e. The van der Waals surface area contributed by atoms with E-state index in [2.05, 4.69) is 13.0 Å². The van der Waals surface area contributed by atoms with E-state index in [4.69, 9.17) is 10.2 Å². The summed E-state index contributed by atoms with van der Waals surface area (Å²) in [6.07, 6.45) is 1.98. The van der Waals surface area contributed by atoms with Crippen molar-refractivity contribution in [2.75, 3.05) is 0 Å². The van der Waals surface area contributed by atoms with Gasteiger partial charge in [0.1, 0.15) is 10.7 Å². The Hall–Kier alpha value is -2.45. The van der Waals surface area contributed by atoms with Crippen LogP contribution in [0.15, 0.2) is 41.2 Å². The predicted octanol–water partition coefficient (Wildman–Crippen LogP) is 3.99. The summed E-state index contributed by atoms with van der Waals surface area (Å²) in [6.45, 7) is 2.59. The topological polar surface area (TPSA) is 58.7 Å². The zero-order valence-corrected chi connectivity index (χ0v) is 13.8. The molecule has 5 heteroatoms. The molecule has 116 valence electrons. The van der Waals surface area contributed by atoms with Gasteiger partial charge in [-0.25, -0.2) is 4.98 Å². The van der Waals surface area contributed by atoms with Gasteiger partial charge in [0, 0.05) is 23.4 Å². The van der Waals surface area contributed by atoms with Crippen molar-refractivity contribution in [3.8, 4) is 17.5 Å². The molecule has 0 aliphatic heterocycles. The highest BCUT2D eigenvalue weighted by Gasteiger charge is 2.14. The molecule has 0 saturated carbocycles. The highest BCUT2D eigenvalue weighted by molar-refractivity contribution is 7.18. The lowest BCUT2D eigenvalue weighted by Gasteiger charge is -2.11. The zero-order chi connectivity index (χ0) is 16.2. The molecule has 4 nitrogen and oxygen atoms in total. The molecule has 3 rings (SSSR count). The van der Waals surface area contributed by atoms with Gasteiger partial charge in [-0.2, -0.15) is 5.26 Å². The molecule has 0 bridgehead atoms. The third-order valence-electron chi connectivity index (χ3n) is 3.75. The Morgan fingerprint density at radius 1 is 1.30 bits per heavy atom. The predicted molar refractivity (Wildman–Crippen MR) is 93.5 cm³/mol. The van der Waals surface area contributed by atoms with Gasteiger partial charge in [0.05, 0.1) is 11.5 Å². The lowest BCUT2D eigenvalue weighted by atomic mass is 10.2. The van der Waals surface area contributed by atoms with Crippen molar-refractivity contribution in [2.45, 2.75) is 32.7 Å². The molecule has 3 aromatic rings. The van der Waals surface area contributed by atoms with Crippen molar-refractivity contribution < 1.29 is 0 Å². The van der Waals surface area contributed by atoms with Gasteiger partial charge in [0.15, 0.2) is 0 Å². The van der Waals surface area contributed by atoms with Crippen molar-refractivity contribution in [1.29, 1.82) is 5.26 Å². The molecule has 0 fully saturated rings. The van der Waals surface area contributed by atoms with E-state index in [1.165, 1.54) is 4.88 Å². The zero-order valence-electron chi connectivity index (χ0n) is 13.0. The van der Waals surface area contributed by atoms with Crippen LogP contribution in [0.3, 0.4) is 0 Å². The van der Waals surface area contributed by atoms with E-state index in [-0.39, 0.29) is 5.56 Å². The van der Waals surface area contributed by atoms with Crippen LogP contribution in [0, 0.1) is 11.3 Å². The maximum absolute atomic E-state index is 12.9. The van der Waals surface area contributed by atoms with E-state index in [1.54, 1.807) is 15.9 Å². The molecule has 1 aromatic carbocycles. The molecule has 0 aliphatic carbocycles. The molecular weight excluding hydrogens is 306 g/mol. The van der Waals surface area contributed by atoms with E-state index in [0.29, 0.717) is 30.6 Å². The van der Waals surface area contributed by atoms with Crippen LogP contribution in [0.4, 0.5) is 0 Å². The number of hydrogen-bond donors (Lipinski definition) is 0. The summed E-state index contributed by atoms with van der Waals surface area (Å²) in [4.78, 5) is 19.6. The molecule has 0 amide bonds. The first-order chi connectivity index (χ1) is 11.2. The molecule has 2 aromatic heterocycles. The fraction of sp³-hybridized carbons (Fsp3) is 0.278. The molecule has 2 heterocycles. The minimum absolute atomic E-state index is 0.0113. The maximum Gasteiger partial charge on any atom is 0.262 e. The van der Waals surface area contributed by atoms with Crippen molar-refractivity contribution in [1.82, 2.24) is 9.55 Å². The van der Waals surface area contributed by atoms with Crippen molar-refractivity contribution in [3.05, 3.63) is 51.6 Å². The fourth-order valence-corrected chi connectivity index (χ4v) is 3.53. The second-order valence-electron chi connectivity index (χ2n) is 5.30. The Bertz CT molecular complexity index is 919. The molecule has 0 aliphatic rings. The van der Waals surface area contributed by atoms with Crippen LogP contribution >= 0.6 is 11.3 Å². The van der Waals surface area contributed by atoms with Gasteiger partial charge in [-0.15, -0.1) is 11.3 Å². The quantitative estimate of drug-likeness (QED) is 0.667. The SMILES string of the molecule is CCc1cc2c(=O)n(CCCC#N)c(-c3ccccc3)nc2s1. The lowest BCUT2D eigenvalue weighted by molar-refractivity contribution is 0.634. The third kappa shape index (κ3) is 3.03. The van der Waals surface area contributed by atoms with Gasteiger partial charge in [-0.3, -0.25) is 9.36 Å². The molecule has 23 heavy (non-hydrogen) atoms. The van der Waals surface area contributed by atoms with Crippen molar-refractivity contribution in [2.24, 2.45) is 0 Å². The van der Waals surface area contributed by atoms with Crippen LogP contribution in [-0.2, 0) is 13.0 Å². The summed E-state index contributed by atoms with van der Waals surface area (Å²) < 4.78 is 1.71. The Kier molecular flexibility index (Phi) is 4.54. The molecule has 0 saturated heterocycles. The minimum atomic E-state index is -0.0113. The Labute approximate surface area is 138 Å². The average molecular weight is 323 g/mol. The molecular formula is C18H17N3OS. The third-order valence-corrected chi connectivity index (χ3v) is 4.93. The molecule has 0 spiro atoms. The fourth-order valence-electron chi connectivity index (χ4n) is 2.57. The smallest absolute Gasteiger partial charge is 0.262 e. The first kappa shape index (κ1) is 15.4. The Balaban J connectivity index is 2.20. The van der Waals surface area contributed by atoms with Crippen LogP contribution in [0.1, 0.15) is 24.6 Å². The van der Waals surface area contributed by atoms with E-state index in [1.807, 2.05) is 36.4 Å². The normalized spacial score (nSPS) is 10.8. The van der Waals surface area contributed by atoms with Crippen LogP contribution < -0.4 is 5.56 Å². The second-order valence-corrected chi connectivity index (χ2v) is 6.42. The molecule has 0 atom stereocenters. The van der Waals surface area contributed by atoms with Crippen molar-refractivity contribution >= 4 is 21.6 Å². The highest BCUT2D eigenvalue weighted by atomic mass is 32.1. The Morgan fingerprint density at radius 3 is 2.78 bits per heavy atom. The van der Waals surface area contributed by atoms with Gasteiger partial charge in [-0.05, 0) is 18.9 Å². The Morgan fingerprint density at radius 2 is 2.09 bits per heavy atom. The standard InChI is InChI=1S/C18H17N3OS/c1-2-14-12-15-17(23-14)20-16(13-8-4-3-5-9-13)21(18(15)22)11-7-6-10-19/h3-5,8-9,12H,2,6-7,11H2,1H3. The van der Waals surface area contributed by atoms with Gasteiger partial charge < -0.3 is 0 Å². The number of unbranched alkanes of at least 4 members (excludes halogenated alkanes) is 1. The summed E-state index contributed by atoms with van der Waals surface area (Å²) in [6, 6.07) is 13.8. The van der Waals surface area contributed by atoms with E-state index < -0.39 is 0 Å². The van der Waals surface area contributed by atoms with Gasteiger partial charge >= 0.3 is 0 Å². The number of nitriles is 1. The second kappa shape index (κ2) is 6.76. The average Bonchev–Trinajstić information content (AvgIpc) is 3.01. The molecule has 0 radical (unpaired) electrons. The van der Waals surface area contributed by atoms with Crippen molar-refractivity contribution in [3.63, 3.8) is 0 Å². The summed E-state index contributed by atoms with van der Waals surface area (Å²) in [5.74, 6) is 0.686. The van der Waals surface area contributed by atoms with Gasteiger partial charge in [0.2, 0.25) is 0 Å². The van der Waals surface area contributed by atoms with Gasteiger partial charge in [-0.1, -0.05) is 37.3 Å². The number of aromatic nitrogens is 2. The van der Waals surface area contributed by atoms with Crippen LogP contribution in [-0.4, -0.2) is 9.55 Å². The van der Waals surface area contributed by atoms with E-state index in [0.717, 1.165) is 16.8 Å². The highest BCUT2D eigenvalue weighted by Crippen LogP contribution is 2.25. The summed E-state index contributed by atoms with van der Waals surface area (Å²) in [7, 11) is 0. The van der Waals surface area contributed by atoms with E-state index >= 15 is 0 Å².